The summed E-state index contributed by atoms with van der Waals surface area (Å²) in [5.41, 5.74) is 0.945. The van der Waals surface area contributed by atoms with Gasteiger partial charge < -0.3 is 14.2 Å². The minimum Gasteiger partial charge on any atom is -0.497 e. The summed E-state index contributed by atoms with van der Waals surface area (Å²) in [6, 6.07) is 10.8. The topological polar surface area (TPSA) is 117 Å². The summed E-state index contributed by atoms with van der Waals surface area (Å²) in [6.45, 7) is 1.28. The highest BCUT2D eigenvalue weighted by Gasteiger charge is 2.16. The Balaban J connectivity index is 2.23. The lowest BCUT2D eigenvalue weighted by atomic mass is 10.0. The zero-order chi connectivity index (χ0) is 19.8. The minimum absolute atomic E-state index is 0.121. The Labute approximate surface area is 155 Å². The Morgan fingerprint density at radius 3 is 2.44 bits per heavy atom. The number of nitro groups is 1. The summed E-state index contributed by atoms with van der Waals surface area (Å²) in [7, 11) is 1.53. The van der Waals surface area contributed by atoms with Gasteiger partial charge in [-0.05, 0) is 30.7 Å². The molecule has 2 rings (SSSR count). The number of carbonyl (C=O) groups excluding carboxylic acids is 2. The number of nitrogens with zero attached hydrogens (tertiary/aromatic N) is 1. The molecule has 0 saturated carbocycles. The highest BCUT2D eigenvalue weighted by atomic mass is 16.6. The Bertz CT molecular complexity index is 834. The molecule has 0 unspecified atom stereocenters. The molecule has 0 bridgehead atoms. The van der Waals surface area contributed by atoms with Gasteiger partial charge in [-0.1, -0.05) is 12.1 Å². The number of imide groups is 1. The first-order valence-corrected chi connectivity index (χ1v) is 7.97. The third kappa shape index (κ3) is 5.43. The first-order valence-electron chi connectivity index (χ1n) is 7.97. The average Bonchev–Trinajstić information content (AvgIpc) is 2.66. The van der Waals surface area contributed by atoms with Gasteiger partial charge >= 0.3 is 6.09 Å². The molecule has 1 N–H and O–H groups in total. The number of alkyl carbamates (subject to hydrolysis) is 1. The number of ether oxygens (including phenoxy) is 3. The van der Waals surface area contributed by atoms with E-state index in [0.29, 0.717) is 16.9 Å². The van der Waals surface area contributed by atoms with Crippen LogP contribution in [0.15, 0.2) is 42.5 Å². The first kappa shape index (κ1) is 19.7. The summed E-state index contributed by atoms with van der Waals surface area (Å²) >= 11 is 0. The van der Waals surface area contributed by atoms with Crippen LogP contribution in [-0.4, -0.2) is 37.2 Å². The van der Waals surface area contributed by atoms with Crippen LogP contribution in [0.5, 0.6) is 11.5 Å². The van der Waals surface area contributed by atoms with Crippen molar-refractivity contribution in [2.45, 2.75) is 6.92 Å². The molecular weight excluding hydrogens is 356 g/mol. The Morgan fingerprint density at radius 1 is 1.15 bits per heavy atom. The molecule has 0 aliphatic carbocycles. The van der Waals surface area contributed by atoms with E-state index in [9.17, 15) is 19.7 Å². The normalized spacial score (nSPS) is 10.0. The van der Waals surface area contributed by atoms with Gasteiger partial charge in [0.2, 0.25) is 0 Å². The van der Waals surface area contributed by atoms with Crippen molar-refractivity contribution in [1.29, 1.82) is 0 Å². The zero-order valence-corrected chi connectivity index (χ0v) is 14.8. The second-order valence-electron chi connectivity index (χ2n) is 5.22. The lowest BCUT2D eigenvalue weighted by molar-refractivity contribution is -0.384. The fourth-order valence-corrected chi connectivity index (χ4v) is 2.21. The Morgan fingerprint density at radius 2 is 1.85 bits per heavy atom. The van der Waals surface area contributed by atoms with Crippen LogP contribution in [0.25, 0.3) is 11.1 Å². The van der Waals surface area contributed by atoms with Crippen molar-refractivity contribution >= 4 is 17.7 Å². The van der Waals surface area contributed by atoms with Crippen molar-refractivity contribution in [3.05, 3.63) is 52.6 Å². The number of carbonyl (C=O) groups is 2. The van der Waals surface area contributed by atoms with Gasteiger partial charge in [0.1, 0.15) is 11.5 Å². The molecule has 0 heterocycles. The van der Waals surface area contributed by atoms with Crippen molar-refractivity contribution in [3.8, 4) is 22.6 Å². The largest absolute Gasteiger partial charge is 0.497 e. The Hall–Kier alpha value is -3.62. The van der Waals surface area contributed by atoms with Crippen molar-refractivity contribution < 1.29 is 28.7 Å². The number of nitrogens with one attached hydrogen (secondary N) is 1. The van der Waals surface area contributed by atoms with Gasteiger partial charge in [0.15, 0.2) is 6.61 Å². The molecule has 2 aromatic carbocycles. The van der Waals surface area contributed by atoms with Gasteiger partial charge in [0.25, 0.3) is 11.6 Å². The molecule has 2 aromatic rings. The predicted octanol–water partition coefficient (Wildman–Crippen LogP) is 2.92. The maximum Gasteiger partial charge on any atom is 0.413 e. The van der Waals surface area contributed by atoms with E-state index in [1.165, 1.54) is 25.3 Å². The molecule has 27 heavy (non-hydrogen) atoms. The standard InChI is InChI=1S/C18H18N2O7/c1-3-26-18(22)19-17(21)11-27-16-9-6-13(20(23)24)10-15(16)12-4-7-14(25-2)8-5-12/h4-10H,3,11H2,1-2H3,(H,19,21,22). The van der Waals surface area contributed by atoms with E-state index in [-0.39, 0.29) is 18.0 Å². The first-order chi connectivity index (χ1) is 12.9. The van der Waals surface area contributed by atoms with Crippen molar-refractivity contribution in [2.75, 3.05) is 20.3 Å². The highest BCUT2D eigenvalue weighted by Crippen LogP contribution is 2.34. The van der Waals surface area contributed by atoms with E-state index in [0.717, 1.165) is 0 Å². The molecule has 0 radical (unpaired) electrons. The number of amides is 2. The third-order valence-electron chi connectivity index (χ3n) is 3.45. The average molecular weight is 374 g/mol. The van der Waals surface area contributed by atoms with Crippen LogP contribution in [0.4, 0.5) is 10.5 Å². The molecule has 0 spiro atoms. The second-order valence-corrected chi connectivity index (χ2v) is 5.22. The fourth-order valence-electron chi connectivity index (χ4n) is 2.21. The molecule has 0 aromatic heterocycles. The maximum absolute atomic E-state index is 11.7. The summed E-state index contributed by atoms with van der Waals surface area (Å²) in [5, 5.41) is 13.1. The van der Waals surface area contributed by atoms with Gasteiger partial charge in [-0.15, -0.1) is 0 Å². The van der Waals surface area contributed by atoms with Crippen LogP contribution >= 0.6 is 0 Å². The van der Waals surface area contributed by atoms with Crippen molar-refractivity contribution in [1.82, 2.24) is 5.32 Å². The molecule has 0 aliphatic heterocycles. The number of benzene rings is 2. The van der Waals surface area contributed by atoms with Crippen LogP contribution in [0.1, 0.15) is 6.92 Å². The lowest BCUT2D eigenvalue weighted by Gasteiger charge is -2.12. The molecule has 0 fully saturated rings. The molecule has 9 nitrogen and oxygen atoms in total. The SMILES string of the molecule is CCOC(=O)NC(=O)COc1ccc([N+](=O)[O-])cc1-c1ccc(OC)cc1. The lowest BCUT2D eigenvalue weighted by Crippen LogP contribution is -2.34. The molecule has 0 saturated heterocycles. The summed E-state index contributed by atoms with van der Waals surface area (Å²) in [6.07, 6.45) is -0.870. The van der Waals surface area contributed by atoms with E-state index in [1.807, 2.05) is 5.32 Å². The fraction of sp³-hybridized carbons (Fsp3) is 0.222. The summed E-state index contributed by atoms with van der Waals surface area (Å²) < 4.78 is 15.2. The second kappa shape index (κ2) is 9.18. The van der Waals surface area contributed by atoms with Crippen LogP contribution < -0.4 is 14.8 Å². The molecule has 2 amide bonds. The van der Waals surface area contributed by atoms with Crippen LogP contribution in [0.3, 0.4) is 0 Å². The van der Waals surface area contributed by atoms with E-state index in [2.05, 4.69) is 4.74 Å². The number of hydrogen-bond donors (Lipinski definition) is 1. The van der Waals surface area contributed by atoms with Gasteiger partial charge in [0, 0.05) is 17.7 Å². The van der Waals surface area contributed by atoms with Gasteiger partial charge in [-0.2, -0.15) is 0 Å². The molecular formula is C18H18N2O7. The molecule has 0 atom stereocenters. The predicted molar refractivity (Wildman–Crippen MR) is 95.7 cm³/mol. The highest BCUT2D eigenvalue weighted by molar-refractivity contribution is 5.92. The number of rotatable bonds is 7. The number of methoxy groups -OCH3 is 1. The number of hydrogen-bond acceptors (Lipinski definition) is 7. The van der Waals surface area contributed by atoms with E-state index < -0.39 is 23.5 Å². The van der Waals surface area contributed by atoms with E-state index >= 15 is 0 Å². The van der Waals surface area contributed by atoms with Crippen molar-refractivity contribution in [3.63, 3.8) is 0 Å². The number of non-ortho nitro benzene ring substituents is 1. The van der Waals surface area contributed by atoms with E-state index in [1.54, 1.807) is 31.2 Å². The Kier molecular flexibility index (Phi) is 6.70. The van der Waals surface area contributed by atoms with Gasteiger partial charge in [0.05, 0.1) is 18.6 Å². The van der Waals surface area contributed by atoms with Crippen LogP contribution in [0, 0.1) is 10.1 Å². The summed E-state index contributed by atoms with van der Waals surface area (Å²) in [4.78, 5) is 33.5. The maximum atomic E-state index is 11.7. The third-order valence-corrected chi connectivity index (χ3v) is 3.45. The molecule has 0 aliphatic rings. The minimum atomic E-state index is -0.870. The molecule has 142 valence electrons. The molecule has 9 heteroatoms. The van der Waals surface area contributed by atoms with Crippen LogP contribution in [-0.2, 0) is 9.53 Å². The number of nitro benzene ring substituents is 1. The van der Waals surface area contributed by atoms with Crippen LogP contribution in [0.2, 0.25) is 0 Å². The quantitative estimate of drug-likeness (QED) is 0.585. The smallest absolute Gasteiger partial charge is 0.413 e. The zero-order valence-electron chi connectivity index (χ0n) is 14.8. The van der Waals surface area contributed by atoms with Gasteiger partial charge in [-0.25, -0.2) is 4.79 Å². The monoisotopic (exact) mass is 374 g/mol. The van der Waals surface area contributed by atoms with E-state index in [4.69, 9.17) is 9.47 Å². The van der Waals surface area contributed by atoms with Crippen molar-refractivity contribution in [2.24, 2.45) is 0 Å². The summed E-state index contributed by atoms with van der Waals surface area (Å²) in [5.74, 6) is 0.178. The van der Waals surface area contributed by atoms with Gasteiger partial charge in [-0.3, -0.25) is 20.2 Å².